The van der Waals surface area contributed by atoms with Crippen molar-refractivity contribution in [2.24, 2.45) is 11.8 Å². The van der Waals surface area contributed by atoms with Gasteiger partial charge < -0.3 is 4.74 Å². The van der Waals surface area contributed by atoms with Crippen molar-refractivity contribution in [1.29, 1.82) is 5.26 Å². The van der Waals surface area contributed by atoms with Crippen molar-refractivity contribution < 1.29 is 4.74 Å². The second-order valence-corrected chi connectivity index (χ2v) is 6.59. The summed E-state index contributed by atoms with van der Waals surface area (Å²) >= 11 is 0. The highest BCUT2D eigenvalue weighted by Gasteiger charge is 2.27. The highest BCUT2D eigenvalue weighted by Crippen LogP contribution is 2.30. The van der Waals surface area contributed by atoms with Gasteiger partial charge in [0.2, 0.25) is 0 Å². The largest absolute Gasteiger partial charge is 0.378 e. The van der Waals surface area contributed by atoms with Crippen molar-refractivity contribution in [2.45, 2.75) is 77.9 Å². The Morgan fingerprint density at radius 2 is 1.85 bits per heavy atom. The number of ether oxygens (including phenoxy) is 1. The molecule has 0 aromatic heterocycles. The van der Waals surface area contributed by atoms with Crippen LogP contribution >= 0.6 is 0 Å². The van der Waals surface area contributed by atoms with Gasteiger partial charge in [-0.1, -0.05) is 27.7 Å². The van der Waals surface area contributed by atoms with Crippen LogP contribution in [0.1, 0.15) is 66.2 Å². The third-order valence-electron chi connectivity index (χ3n) is 4.57. The first kappa shape index (κ1) is 17.5. The highest BCUT2D eigenvalue weighted by molar-refractivity contribution is 5.05. The summed E-state index contributed by atoms with van der Waals surface area (Å²) in [5, 5.41) is 12.7. The number of hydrogen-bond donors (Lipinski definition) is 1. The molecule has 1 rings (SSSR count). The third-order valence-corrected chi connectivity index (χ3v) is 4.57. The monoisotopic (exact) mass is 280 g/mol. The molecule has 0 spiro atoms. The molecular formula is C17H32N2O. The number of nitrogens with zero attached hydrogens (tertiary/aromatic N) is 1. The molecule has 0 aliphatic heterocycles. The molecule has 0 saturated heterocycles. The summed E-state index contributed by atoms with van der Waals surface area (Å²) in [4.78, 5) is 0. The van der Waals surface area contributed by atoms with Crippen LogP contribution in [0.15, 0.2) is 0 Å². The van der Waals surface area contributed by atoms with Gasteiger partial charge in [0, 0.05) is 6.61 Å². The topological polar surface area (TPSA) is 45.0 Å². The molecule has 0 amide bonds. The van der Waals surface area contributed by atoms with Crippen molar-refractivity contribution in [2.75, 3.05) is 13.2 Å². The molecule has 0 aromatic carbocycles. The van der Waals surface area contributed by atoms with Crippen molar-refractivity contribution in [1.82, 2.24) is 5.32 Å². The van der Waals surface area contributed by atoms with E-state index in [1.165, 1.54) is 19.3 Å². The fraction of sp³-hybridized carbons (Fsp3) is 0.941. The van der Waals surface area contributed by atoms with Gasteiger partial charge in [0.05, 0.1) is 12.2 Å². The van der Waals surface area contributed by atoms with Gasteiger partial charge in [-0.15, -0.1) is 0 Å². The van der Waals surface area contributed by atoms with E-state index in [0.717, 1.165) is 44.2 Å². The summed E-state index contributed by atoms with van der Waals surface area (Å²) in [7, 11) is 0. The third kappa shape index (κ3) is 5.42. The zero-order valence-electron chi connectivity index (χ0n) is 13.7. The Bertz CT molecular complexity index is 303. The maximum Gasteiger partial charge on any atom is 0.106 e. The Morgan fingerprint density at radius 1 is 1.20 bits per heavy atom. The van der Waals surface area contributed by atoms with Crippen LogP contribution in [0.25, 0.3) is 0 Å². The SMILES string of the molecule is CCNC(C#N)(CC)CCCOC1CC(C)CC(C)C1. The quantitative estimate of drug-likeness (QED) is 0.686. The van der Waals surface area contributed by atoms with Gasteiger partial charge in [0.15, 0.2) is 0 Å². The molecule has 0 bridgehead atoms. The van der Waals surface area contributed by atoms with Crippen LogP contribution in [0.4, 0.5) is 0 Å². The normalized spacial score (nSPS) is 29.6. The average Bonchev–Trinajstić information content (AvgIpc) is 2.41. The Balaban J connectivity index is 2.28. The Kier molecular flexibility index (Phi) is 7.55. The van der Waals surface area contributed by atoms with E-state index in [-0.39, 0.29) is 5.54 Å². The van der Waals surface area contributed by atoms with Gasteiger partial charge in [-0.3, -0.25) is 5.32 Å². The summed E-state index contributed by atoms with van der Waals surface area (Å²) in [6, 6.07) is 2.45. The molecule has 1 aliphatic carbocycles. The molecule has 0 heterocycles. The van der Waals surface area contributed by atoms with Gasteiger partial charge >= 0.3 is 0 Å². The lowest BCUT2D eigenvalue weighted by atomic mass is 9.82. The fourth-order valence-electron chi connectivity index (χ4n) is 3.54. The smallest absolute Gasteiger partial charge is 0.106 e. The van der Waals surface area contributed by atoms with Gasteiger partial charge in [-0.05, 0) is 56.9 Å². The Labute approximate surface area is 125 Å². The summed E-state index contributed by atoms with van der Waals surface area (Å²) in [6.45, 7) is 10.4. The highest BCUT2D eigenvalue weighted by atomic mass is 16.5. The first-order valence-electron chi connectivity index (χ1n) is 8.33. The Morgan fingerprint density at radius 3 is 2.35 bits per heavy atom. The zero-order valence-corrected chi connectivity index (χ0v) is 13.7. The lowest BCUT2D eigenvalue weighted by Crippen LogP contribution is -2.43. The minimum atomic E-state index is -0.356. The van der Waals surface area contributed by atoms with Crippen molar-refractivity contribution in [3.05, 3.63) is 0 Å². The van der Waals surface area contributed by atoms with E-state index < -0.39 is 0 Å². The minimum Gasteiger partial charge on any atom is -0.378 e. The number of nitriles is 1. The molecule has 116 valence electrons. The van der Waals surface area contributed by atoms with Crippen LogP contribution in [0, 0.1) is 23.2 Å². The maximum atomic E-state index is 9.37. The molecular weight excluding hydrogens is 248 g/mol. The molecule has 0 aromatic rings. The Hall–Kier alpha value is -0.590. The molecule has 0 radical (unpaired) electrons. The molecule has 20 heavy (non-hydrogen) atoms. The van der Waals surface area contributed by atoms with Gasteiger partial charge in [0.25, 0.3) is 0 Å². The van der Waals surface area contributed by atoms with Gasteiger partial charge in [-0.25, -0.2) is 0 Å². The second kappa shape index (κ2) is 8.64. The van der Waals surface area contributed by atoms with E-state index in [1.807, 2.05) is 0 Å². The van der Waals surface area contributed by atoms with Gasteiger partial charge in [0.1, 0.15) is 5.54 Å². The average molecular weight is 280 g/mol. The molecule has 1 saturated carbocycles. The molecule has 3 unspecified atom stereocenters. The predicted octanol–water partition coefficient (Wildman–Crippen LogP) is 3.89. The van der Waals surface area contributed by atoms with Gasteiger partial charge in [-0.2, -0.15) is 5.26 Å². The number of rotatable bonds is 8. The van der Waals surface area contributed by atoms with Crippen LogP contribution in [-0.4, -0.2) is 24.8 Å². The second-order valence-electron chi connectivity index (χ2n) is 6.59. The van der Waals surface area contributed by atoms with Crippen molar-refractivity contribution in [3.8, 4) is 6.07 Å². The summed E-state index contributed by atoms with van der Waals surface area (Å²) in [5.41, 5.74) is -0.356. The summed E-state index contributed by atoms with van der Waals surface area (Å²) in [5.74, 6) is 1.58. The number of nitrogens with one attached hydrogen (secondary N) is 1. The van der Waals surface area contributed by atoms with Crippen LogP contribution in [0.5, 0.6) is 0 Å². The molecule has 3 heteroatoms. The molecule has 3 atom stereocenters. The summed E-state index contributed by atoms with van der Waals surface area (Å²) in [6.07, 6.45) is 6.89. The molecule has 1 aliphatic rings. The minimum absolute atomic E-state index is 0.356. The molecule has 1 fully saturated rings. The molecule has 3 nitrogen and oxygen atoms in total. The lowest BCUT2D eigenvalue weighted by molar-refractivity contribution is -0.00194. The van der Waals surface area contributed by atoms with E-state index in [1.54, 1.807) is 0 Å². The van der Waals surface area contributed by atoms with E-state index in [4.69, 9.17) is 4.74 Å². The van der Waals surface area contributed by atoms with E-state index >= 15 is 0 Å². The first-order valence-corrected chi connectivity index (χ1v) is 8.33. The molecule has 1 N–H and O–H groups in total. The van der Waals surface area contributed by atoms with E-state index in [0.29, 0.717) is 6.10 Å². The first-order chi connectivity index (χ1) is 9.55. The van der Waals surface area contributed by atoms with Crippen molar-refractivity contribution >= 4 is 0 Å². The van der Waals surface area contributed by atoms with Crippen LogP contribution in [-0.2, 0) is 4.74 Å². The lowest BCUT2D eigenvalue weighted by Gasteiger charge is -2.32. The van der Waals surface area contributed by atoms with Crippen LogP contribution in [0.2, 0.25) is 0 Å². The van der Waals surface area contributed by atoms with Crippen molar-refractivity contribution in [3.63, 3.8) is 0 Å². The van der Waals surface area contributed by atoms with Crippen LogP contribution in [0.3, 0.4) is 0 Å². The standard InChI is InChI=1S/C17H32N2O/c1-5-17(13-18,19-6-2)8-7-9-20-16-11-14(3)10-15(4)12-16/h14-16,19H,5-12H2,1-4H3. The summed E-state index contributed by atoms with van der Waals surface area (Å²) < 4.78 is 6.05. The number of hydrogen-bond acceptors (Lipinski definition) is 3. The van der Waals surface area contributed by atoms with Crippen LogP contribution < -0.4 is 5.32 Å². The van der Waals surface area contributed by atoms with E-state index in [9.17, 15) is 5.26 Å². The van der Waals surface area contributed by atoms with E-state index in [2.05, 4.69) is 39.1 Å². The maximum absolute atomic E-state index is 9.37. The fourth-order valence-corrected chi connectivity index (χ4v) is 3.54. The predicted molar refractivity (Wildman–Crippen MR) is 83.5 cm³/mol. The zero-order chi connectivity index (χ0) is 15.0.